The Morgan fingerprint density at radius 3 is 1.60 bits per heavy atom. The summed E-state index contributed by atoms with van der Waals surface area (Å²) in [4.78, 5) is 15.8. The highest BCUT2D eigenvalue weighted by Crippen LogP contribution is 2.43. The van der Waals surface area contributed by atoms with Gasteiger partial charge in [-0.15, -0.1) is 0 Å². The fourth-order valence-corrected chi connectivity index (χ4v) is 0. The molecule has 0 aromatic heterocycles. The molecule has 2 nitrogen and oxygen atoms in total. The van der Waals surface area contributed by atoms with E-state index in [-0.39, 0.29) is 0 Å². The molecule has 0 aliphatic rings. The van der Waals surface area contributed by atoms with Crippen molar-refractivity contribution in [2.75, 3.05) is 0 Å². The van der Waals surface area contributed by atoms with Crippen LogP contribution >= 0.6 is 20.7 Å². The minimum atomic E-state index is -2.99. The monoisotopic (exact) mass is 176 g/mol. The van der Waals surface area contributed by atoms with E-state index in [1.807, 2.05) is 0 Å². The Morgan fingerprint density at radius 1 is 1.60 bits per heavy atom. The van der Waals surface area contributed by atoms with Crippen molar-refractivity contribution in [3.63, 3.8) is 0 Å². The van der Waals surface area contributed by atoms with Crippen molar-refractivity contribution in [1.29, 1.82) is 0 Å². The lowest BCUT2D eigenvalue weighted by Crippen LogP contribution is -1.52. The van der Waals surface area contributed by atoms with E-state index in [1.54, 1.807) is 0 Å². The van der Waals surface area contributed by atoms with Crippen molar-refractivity contribution in [2.45, 2.75) is 0 Å². The Kier molecular flexibility index (Phi) is 2.02. The fraction of sp³-hybridized carbons (Fsp3) is 0. The highest BCUT2D eigenvalue weighted by Gasteiger charge is 1.92. The second-order valence-corrected chi connectivity index (χ2v) is 7.32. The van der Waals surface area contributed by atoms with Gasteiger partial charge < -0.3 is 9.79 Å². The average molecular weight is 177 g/mol. The van der Waals surface area contributed by atoms with Gasteiger partial charge in [0.05, 0.1) is 0 Å². The van der Waals surface area contributed by atoms with E-state index in [0.29, 0.717) is 0 Å². The topological polar surface area (TPSA) is 40.5 Å². The Morgan fingerprint density at radius 2 is 1.60 bits per heavy atom. The molecule has 0 fully saturated rings. The molecule has 5 heteroatoms. The predicted octanol–water partition coefficient (Wildman–Crippen LogP) is 0.590. The molecule has 0 aromatic carbocycles. The molecule has 0 radical (unpaired) electrons. The zero-order chi connectivity index (χ0) is 4.50. The summed E-state index contributed by atoms with van der Waals surface area (Å²) in [5, 5.41) is -2.99. The molecular weight excluding hydrogens is 175 g/mol. The molecule has 2 N–H and O–H groups in total. The van der Waals surface area contributed by atoms with Gasteiger partial charge in [0, 0.05) is 15.5 Å². The van der Waals surface area contributed by atoms with Crippen LogP contribution < -0.4 is 0 Å². The molecule has 0 amide bonds. The Hall–Kier alpha value is 1.05. The van der Waals surface area contributed by atoms with Gasteiger partial charge in [-0.2, -0.15) is 0 Å². The summed E-state index contributed by atoms with van der Waals surface area (Å²) < 4.78 is 0. The van der Waals surface area contributed by atoms with E-state index in [0.717, 1.165) is 0 Å². The first-order chi connectivity index (χ1) is 2.00. The van der Waals surface area contributed by atoms with Gasteiger partial charge in [-0.25, -0.2) is 0 Å². The van der Waals surface area contributed by atoms with E-state index < -0.39 is 5.19 Å². The molecule has 0 atom stereocenters. The van der Waals surface area contributed by atoms with Gasteiger partial charge in [-0.05, 0) is 11.8 Å². The molecule has 0 saturated carbocycles. The van der Waals surface area contributed by atoms with Gasteiger partial charge in [0.15, 0.2) is 0 Å². The molecule has 0 saturated heterocycles. The quantitative estimate of drug-likeness (QED) is 0.532. The first kappa shape index (κ1) is 6.05. The van der Waals surface area contributed by atoms with Crippen LogP contribution in [0.2, 0.25) is 0 Å². The zero-order valence-electron chi connectivity index (χ0n) is 2.13. The number of rotatable bonds is 0. The third-order valence-corrected chi connectivity index (χ3v) is 0. The molecule has 0 aliphatic heterocycles. The molecule has 0 bridgehead atoms. The Bertz CT molecular complexity index is 55.8. The lowest BCUT2D eigenvalue weighted by Gasteiger charge is -1.86. The van der Waals surface area contributed by atoms with Crippen molar-refractivity contribution < 1.29 is 9.79 Å². The van der Waals surface area contributed by atoms with Crippen LogP contribution in [0.5, 0.6) is 0 Å². The van der Waals surface area contributed by atoms with Gasteiger partial charge in [0.2, 0.25) is 5.19 Å². The standard InChI is InChI=1S/BrH2O2PS/c1-4(2,3)5/h(H2,2,3,5). The highest BCUT2D eigenvalue weighted by atomic mass is 79.9. The fourth-order valence-electron chi connectivity index (χ4n) is 0. The van der Waals surface area contributed by atoms with Gasteiger partial charge in [-0.1, -0.05) is 0 Å². The van der Waals surface area contributed by atoms with Crippen molar-refractivity contribution in [3.05, 3.63) is 0 Å². The molecule has 0 aromatic rings. The normalized spacial score (nSPS) is 11.8. The van der Waals surface area contributed by atoms with Crippen LogP contribution in [0.1, 0.15) is 0 Å². The summed E-state index contributed by atoms with van der Waals surface area (Å²) in [6, 6.07) is 0. The van der Waals surface area contributed by atoms with Gasteiger partial charge in [0.1, 0.15) is 0 Å². The van der Waals surface area contributed by atoms with Crippen LogP contribution in [0.4, 0.5) is 0 Å². The van der Waals surface area contributed by atoms with Gasteiger partial charge in [-0.3, -0.25) is 0 Å². The first-order valence-corrected chi connectivity index (χ1v) is 5.48. The summed E-state index contributed by atoms with van der Waals surface area (Å²) in [5.74, 6) is 0. The van der Waals surface area contributed by atoms with E-state index in [9.17, 15) is 0 Å². The maximum Gasteiger partial charge on any atom is 0.250 e. The molecule has 0 heterocycles. The number of hydrogen-bond donors (Lipinski definition) is 2. The second kappa shape index (κ2) is 1.67. The van der Waals surface area contributed by atoms with E-state index in [4.69, 9.17) is 9.79 Å². The average Bonchev–Trinajstić information content (AvgIpc) is 0.722. The van der Waals surface area contributed by atoms with Crippen LogP contribution in [0.3, 0.4) is 0 Å². The molecule has 0 aliphatic carbocycles. The third kappa shape index (κ3) is 42.6. The summed E-state index contributed by atoms with van der Waals surface area (Å²) >= 11 is 6.38. The Labute approximate surface area is 42.7 Å². The van der Waals surface area contributed by atoms with Crippen molar-refractivity contribution in [2.24, 2.45) is 0 Å². The van der Waals surface area contributed by atoms with Crippen LogP contribution in [-0.2, 0) is 11.8 Å². The number of hydrogen-bond acceptors (Lipinski definition) is 1. The summed E-state index contributed by atoms with van der Waals surface area (Å²) in [5.41, 5.74) is 0. The minimum absolute atomic E-state index is 2.41. The van der Waals surface area contributed by atoms with Crippen LogP contribution in [0.25, 0.3) is 0 Å². The largest absolute Gasteiger partial charge is 0.337 e. The highest BCUT2D eigenvalue weighted by molar-refractivity contribution is 9.42. The number of halogens is 1. The van der Waals surface area contributed by atoms with Crippen molar-refractivity contribution in [1.82, 2.24) is 0 Å². The zero-order valence-corrected chi connectivity index (χ0v) is 5.42. The van der Waals surface area contributed by atoms with Crippen molar-refractivity contribution in [3.8, 4) is 0 Å². The molecule has 0 unspecified atom stereocenters. The summed E-state index contributed by atoms with van der Waals surface area (Å²) in [7, 11) is 0. The maximum atomic E-state index is 7.92. The third-order valence-electron chi connectivity index (χ3n) is 0. The Balaban J connectivity index is 3.47. The van der Waals surface area contributed by atoms with Gasteiger partial charge >= 0.3 is 0 Å². The van der Waals surface area contributed by atoms with Crippen LogP contribution in [0, 0.1) is 0 Å². The molecule has 0 rings (SSSR count). The van der Waals surface area contributed by atoms with Crippen LogP contribution in [-0.4, -0.2) is 9.79 Å². The SMILES string of the molecule is OP(O)(=S)Br. The molecular formula is H2BrO2PS. The maximum absolute atomic E-state index is 7.92. The van der Waals surface area contributed by atoms with E-state index in [1.165, 1.54) is 0 Å². The molecule has 0 spiro atoms. The van der Waals surface area contributed by atoms with E-state index in [2.05, 4.69) is 27.3 Å². The second-order valence-electron chi connectivity index (χ2n) is 0.473. The van der Waals surface area contributed by atoms with E-state index >= 15 is 0 Å². The summed E-state index contributed by atoms with van der Waals surface area (Å²) in [6.45, 7) is 0. The predicted molar refractivity (Wildman–Crippen MR) is 27.6 cm³/mol. The lowest BCUT2D eigenvalue weighted by atomic mass is 15.9. The molecule has 32 valence electrons. The van der Waals surface area contributed by atoms with Crippen LogP contribution in [0.15, 0.2) is 0 Å². The first-order valence-electron chi connectivity index (χ1n) is 0.752. The van der Waals surface area contributed by atoms with Crippen molar-refractivity contribution >= 4 is 32.5 Å². The minimum Gasteiger partial charge on any atom is -0.337 e. The summed E-state index contributed by atoms with van der Waals surface area (Å²) in [6.07, 6.45) is 0. The van der Waals surface area contributed by atoms with Gasteiger partial charge in [0.25, 0.3) is 0 Å². The molecule has 5 heavy (non-hydrogen) atoms. The lowest BCUT2D eigenvalue weighted by molar-refractivity contribution is 0.504. The smallest absolute Gasteiger partial charge is 0.250 e.